The third kappa shape index (κ3) is 9.77. The van der Waals surface area contributed by atoms with Gasteiger partial charge < -0.3 is 19.7 Å². The van der Waals surface area contributed by atoms with E-state index < -0.39 is 12.0 Å². The molecule has 1 atom stereocenters. The molecule has 0 aromatic carbocycles. The van der Waals surface area contributed by atoms with Gasteiger partial charge in [0.1, 0.15) is 5.78 Å². The number of ketones is 1. The van der Waals surface area contributed by atoms with Crippen LogP contribution < -0.4 is 5.32 Å². The Morgan fingerprint density at radius 3 is 2.11 bits per heavy atom. The van der Waals surface area contributed by atoms with Crippen LogP contribution in [0, 0.1) is 0 Å². The van der Waals surface area contributed by atoms with Crippen LogP contribution in [-0.2, 0) is 14.4 Å². The zero-order valence-electron chi connectivity index (χ0n) is 11.5. The second-order valence-corrected chi connectivity index (χ2v) is 5.54. The fraction of sp³-hybridized carbons (Fsp3) is 0.750. The Hall–Kier alpha value is -1.43. The monoisotopic (exact) mass is 259 g/mol. The van der Waals surface area contributed by atoms with Gasteiger partial charge in [-0.25, -0.2) is 0 Å². The lowest BCUT2D eigenvalue weighted by Crippen LogP contribution is -2.49. The lowest BCUT2D eigenvalue weighted by Gasteiger charge is -2.29. The summed E-state index contributed by atoms with van der Waals surface area (Å²) in [7, 11) is 5.78. The molecule has 0 aromatic heterocycles. The van der Waals surface area contributed by atoms with Crippen LogP contribution in [0.4, 0.5) is 0 Å². The summed E-state index contributed by atoms with van der Waals surface area (Å²) in [5, 5.41) is 11.5. The second-order valence-electron chi connectivity index (χ2n) is 5.54. The molecule has 1 amide bonds. The average Bonchev–Trinajstić information content (AvgIpc) is 2.10. The van der Waals surface area contributed by atoms with E-state index in [0.717, 1.165) is 0 Å². The number of hydrogen-bond donors (Lipinski definition) is 2. The molecular weight excluding hydrogens is 236 g/mol. The molecule has 0 heterocycles. The van der Waals surface area contributed by atoms with Gasteiger partial charge in [0.15, 0.2) is 0 Å². The first kappa shape index (κ1) is 16.6. The predicted octanol–water partition coefficient (Wildman–Crippen LogP) is 0.0213. The van der Waals surface area contributed by atoms with Crippen LogP contribution in [0.25, 0.3) is 0 Å². The minimum Gasteiger partial charge on any atom is -0.481 e. The van der Waals surface area contributed by atoms with Crippen LogP contribution in [-0.4, -0.2) is 61.0 Å². The standard InChI is InChI=1S/C12H22N2O4/c1-9(15)5-6-11(16)13-10(7-12(17)18)8-14(2,3)4/h10H,5-8H2,1-4H3,(H-,13,16,17,18)/p+1. The Morgan fingerprint density at radius 1 is 1.17 bits per heavy atom. The van der Waals surface area contributed by atoms with Gasteiger partial charge in [0, 0.05) is 12.8 Å². The minimum absolute atomic E-state index is 0.0495. The molecule has 0 radical (unpaired) electrons. The molecule has 0 rings (SSSR count). The molecule has 0 bridgehead atoms. The van der Waals surface area contributed by atoms with Crippen molar-refractivity contribution in [3.8, 4) is 0 Å². The molecule has 1 unspecified atom stereocenters. The van der Waals surface area contributed by atoms with Crippen LogP contribution in [0.5, 0.6) is 0 Å². The highest BCUT2D eigenvalue weighted by Gasteiger charge is 2.22. The van der Waals surface area contributed by atoms with E-state index in [1.807, 2.05) is 21.1 Å². The van der Waals surface area contributed by atoms with Crippen LogP contribution in [0.15, 0.2) is 0 Å². The van der Waals surface area contributed by atoms with Gasteiger partial charge in [-0.1, -0.05) is 0 Å². The van der Waals surface area contributed by atoms with E-state index in [-0.39, 0.29) is 31.0 Å². The van der Waals surface area contributed by atoms with E-state index in [2.05, 4.69) is 5.32 Å². The lowest BCUT2D eigenvalue weighted by atomic mass is 10.1. The molecule has 0 saturated carbocycles. The number of likely N-dealkylation sites (N-methyl/N-ethyl adjacent to an activating group) is 1. The molecule has 0 aromatic rings. The summed E-state index contributed by atoms with van der Waals surface area (Å²) in [6, 6.07) is -0.415. The molecule has 2 N–H and O–H groups in total. The number of aliphatic carboxylic acids is 1. The number of nitrogens with zero attached hydrogens (tertiary/aromatic N) is 1. The van der Waals surface area contributed by atoms with Gasteiger partial charge in [-0.15, -0.1) is 0 Å². The molecule has 0 saturated heterocycles. The van der Waals surface area contributed by atoms with E-state index in [0.29, 0.717) is 11.0 Å². The summed E-state index contributed by atoms with van der Waals surface area (Å²) in [5.74, 6) is -1.27. The smallest absolute Gasteiger partial charge is 0.305 e. The fourth-order valence-corrected chi connectivity index (χ4v) is 1.62. The van der Waals surface area contributed by atoms with Crippen molar-refractivity contribution in [2.24, 2.45) is 0 Å². The quantitative estimate of drug-likeness (QED) is 0.602. The molecule has 0 fully saturated rings. The number of amides is 1. The number of carboxylic acids is 1. The van der Waals surface area contributed by atoms with Crippen LogP contribution in [0.3, 0.4) is 0 Å². The fourth-order valence-electron chi connectivity index (χ4n) is 1.62. The number of carbonyl (C=O) groups is 3. The van der Waals surface area contributed by atoms with Crippen molar-refractivity contribution in [2.75, 3.05) is 27.7 Å². The summed E-state index contributed by atoms with van der Waals surface area (Å²) in [6.07, 6.45) is 0.194. The molecule has 6 nitrogen and oxygen atoms in total. The topological polar surface area (TPSA) is 83.5 Å². The third-order valence-electron chi connectivity index (χ3n) is 2.26. The van der Waals surface area contributed by atoms with Crippen molar-refractivity contribution < 1.29 is 24.0 Å². The Bertz CT molecular complexity index is 321. The van der Waals surface area contributed by atoms with Crippen molar-refractivity contribution in [1.29, 1.82) is 0 Å². The van der Waals surface area contributed by atoms with E-state index >= 15 is 0 Å². The van der Waals surface area contributed by atoms with Crippen LogP contribution >= 0.6 is 0 Å². The van der Waals surface area contributed by atoms with Gasteiger partial charge in [-0.05, 0) is 6.92 Å². The van der Waals surface area contributed by atoms with Gasteiger partial charge in [-0.3, -0.25) is 9.59 Å². The molecule has 18 heavy (non-hydrogen) atoms. The van der Waals surface area contributed by atoms with Crippen LogP contribution in [0.2, 0.25) is 0 Å². The maximum Gasteiger partial charge on any atom is 0.305 e. The van der Waals surface area contributed by atoms with Crippen LogP contribution in [0.1, 0.15) is 26.2 Å². The maximum atomic E-state index is 11.6. The summed E-state index contributed by atoms with van der Waals surface area (Å²) >= 11 is 0. The second kappa shape index (κ2) is 7.10. The third-order valence-corrected chi connectivity index (χ3v) is 2.26. The number of rotatable bonds is 8. The predicted molar refractivity (Wildman–Crippen MR) is 67.0 cm³/mol. The zero-order valence-corrected chi connectivity index (χ0v) is 11.5. The highest BCUT2D eigenvalue weighted by atomic mass is 16.4. The molecule has 0 spiro atoms. The first-order valence-electron chi connectivity index (χ1n) is 5.91. The Balaban J connectivity index is 4.35. The zero-order chi connectivity index (χ0) is 14.3. The number of carboxylic acid groups (broad SMARTS) is 1. The number of hydrogen-bond acceptors (Lipinski definition) is 3. The first-order valence-corrected chi connectivity index (χ1v) is 5.91. The number of Topliss-reactive ketones (excluding diaryl/α,β-unsaturated/α-hetero) is 1. The molecular formula is C12H23N2O4+. The van der Waals surface area contributed by atoms with E-state index in [9.17, 15) is 14.4 Å². The molecule has 6 heteroatoms. The minimum atomic E-state index is -0.944. The summed E-state index contributed by atoms with van der Waals surface area (Å²) in [5.41, 5.74) is 0. The molecule has 0 aliphatic carbocycles. The maximum absolute atomic E-state index is 11.6. The normalized spacial score (nSPS) is 12.9. The highest BCUT2D eigenvalue weighted by Crippen LogP contribution is 2.01. The SMILES string of the molecule is CC(=O)CCC(=O)NC(CC(=O)O)C[N+](C)(C)C. The summed E-state index contributed by atoms with van der Waals surface area (Å²) in [4.78, 5) is 33.1. The van der Waals surface area contributed by atoms with Gasteiger partial charge in [-0.2, -0.15) is 0 Å². The summed E-state index contributed by atoms with van der Waals surface area (Å²) < 4.78 is 0.560. The van der Waals surface area contributed by atoms with E-state index in [1.165, 1.54) is 6.92 Å². The number of nitrogens with one attached hydrogen (secondary N) is 1. The van der Waals surface area contributed by atoms with Crippen molar-refractivity contribution in [3.63, 3.8) is 0 Å². The first-order chi connectivity index (χ1) is 8.10. The van der Waals surface area contributed by atoms with Crippen molar-refractivity contribution in [3.05, 3.63) is 0 Å². The number of carbonyl (C=O) groups excluding carboxylic acids is 2. The molecule has 104 valence electrons. The average molecular weight is 259 g/mol. The van der Waals surface area contributed by atoms with E-state index in [1.54, 1.807) is 0 Å². The highest BCUT2D eigenvalue weighted by molar-refractivity contribution is 5.84. The lowest BCUT2D eigenvalue weighted by molar-refractivity contribution is -0.871. The largest absolute Gasteiger partial charge is 0.481 e. The molecule has 0 aliphatic heterocycles. The molecule has 0 aliphatic rings. The van der Waals surface area contributed by atoms with Crippen molar-refractivity contribution in [1.82, 2.24) is 5.32 Å². The van der Waals surface area contributed by atoms with Gasteiger partial charge in [0.05, 0.1) is 40.2 Å². The van der Waals surface area contributed by atoms with Crippen molar-refractivity contribution in [2.45, 2.75) is 32.2 Å². The van der Waals surface area contributed by atoms with Gasteiger partial charge in [0.25, 0.3) is 0 Å². The van der Waals surface area contributed by atoms with Crippen molar-refractivity contribution >= 4 is 17.7 Å². The number of quaternary nitrogens is 1. The summed E-state index contributed by atoms with van der Waals surface area (Å²) in [6.45, 7) is 1.95. The Labute approximate surface area is 108 Å². The van der Waals surface area contributed by atoms with Gasteiger partial charge in [0.2, 0.25) is 5.91 Å². The van der Waals surface area contributed by atoms with Gasteiger partial charge >= 0.3 is 5.97 Å². The Kier molecular flexibility index (Phi) is 6.54. The van der Waals surface area contributed by atoms with E-state index in [4.69, 9.17) is 5.11 Å². The Morgan fingerprint density at radius 2 is 1.72 bits per heavy atom.